The minimum Gasteiger partial charge on any atom is -0.454 e. The van der Waals surface area contributed by atoms with E-state index in [2.05, 4.69) is 5.32 Å². The van der Waals surface area contributed by atoms with E-state index in [1.807, 2.05) is 18.2 Å². The number of anilines is 1. The molecule has 2 aromatic carbocycles. The second-order valence-corrected chi connectivity index (χ2v) is 9.40. The molecule has 2 aliphatic heterocycles. The van der Waals surface area contributed by atoms with Crippen LogP contribution in [0.25, 0.3) is 0 Å². The first kappa shape index (κ1) is 17.3. The number of fused-ring (bicyclic) bond motifs is 2. The van der Waals surface area contributed by atoms with Gasteiger partial charge in [0.1, 0.15) is 4.90 Å². The van der Waals surface area contributed by atoms with Gasteiger partial charge in [-0.25, -0.2) is 8.42 Å². The largest absolute Gasteiger partial charge is 0.454 e. The summed E-state index contributed by atoms with van der Waals surface area (Å²) in [5.41, 5.74) is 1.28. The van der Waals surface area contributed by atoms with Crippen molar-refractivity contribution in [2.75, 3.05) is 12.1 Å². The summed E-state index contributed by atoms with van der Waals surface area (Å²) in [6, 6.07) is 13.8. The van der Waals surface area contributed by atoms with Crippen molar-refractivity contribution >= 4 is 32.8 Å². The van der Waals surface area contributed by atoms with Gasteiger partial charge in [0.15, 0.2) is 11.5 Å². The molecule has 1 atom stereocenters. The van der Waals surface area contributed by atoms with Gasteiger partial charge >= 0.3 is 0 Å². The molecule has 0 spiro atoms. The molecule has 0 fully saturated rings. The molecule has 3 aromatic rings. The predicted octanol–water partition coefficient (Wildman–Crippen LogP) is 3.78. The van der Waals surface area contributed by atoms with Crippen molar-refractivity contribution in [1.82, 2.24) is 0 Å². The number of carbonyl (C=O) groups is 1. The fourth-order valence-corrected chi connectivity index (χ4v) is 6.46. The minimum absolute atomic E-state index is 0.137. The van der Waals surface area contributed by atoms with Gasteiger partial charge in [0.05, 0.1) is 10.6 Å². The van der Waals surface area contributed by atoms with Crippen molar-refractivity contribution in [3.63, 3.8) is 0 Å². The Balaban J connectivity index is 1.61. The van der Waals surface area contributed by atoms with Crippen LogP contribution in [0, 0.1) is 0 Å². The standard InChI is InChI=1S/C20H15NO5S2/c22-18-9-14(12-6-7-15-16(8-12)26-11-25-15)20-19(21-18)17(10-27-20)28(23,24)13-4-2-1-3-5-13/h1-8,10,14H,9,11H2,(H,21,22)/t14-/m1/s1. The zero-order valence-corrected chi connectivity index (χ0v) is 16.2. The molecule has 1 aromatic heterocycles. The zero-order chi connectivity index (χ0) is 19.3. The van der Waals surface area contributed by atoms with Crippen LogP contribution < -0.4 is 14.8 Å². The summed E-state index contributed by atoms with van der Waals surface area (Å²) in [5.74, 6) is 0.863. The van der Waals surface area contributed by atoms with Crippen molar-refractivity contribution in [3.8, 4) is 11.5 Å². The first-order valence-corrected chi connectivity index (χ1v) is 11.0. The molecule has 1 amide bonds. The number of ether oxygens (including phenoxy) is 2. The molecule has 6 nitrogen and oxygen atoms in total. The second-order valence-electron chi connectivity index (χ2n) is 6.57. The van der Waals surface area contributed by atoms with Crippen molar-refractivity contribution in [2.24, 2.45) is 0 Å². The van der Waals surface area contributed by atoms with Crippen LogP contribution in [0.3, 0.4) is 0 Å². The van der Waals surface area contributed by atoms with Crippen LogP contribution in [0.2, 0.25) is 0 Å². The van der Waals surface area contributed by atoms with Crippen molar-refractivity contribution in [2.45, 2.75) is 22.1 Å². The lowest BCUT2D eigenvalue weighted by atomic mass is 9.90. The third-order valence-electron chi connectivity index (χ3n) is 4.90. The average molecular weight is 413 g/mol. The first-order valence-electron chi connectivity index (χ1n) is 8.65. The Kier molecular flexibility index (Phi) is 3.92. The number of carbonyl (C=O) groups excluding carboxylic acids is 1. The van der Waals surface area contributed by atoms with Crippen molar-refractivity contribution in [3.05, 3.63) is 64.4 Å². The van der Waals surface area contributed by atoms with Gasteiger partial charge in [0.2, 0.25) is 22.5 Å². The maximum Gasteiger partial charge on any atom is 0.231 e. The number of thiophene rings is 1. The fraction of sp³-hybridized carbons (Fsp3) is 0.150. The molecule has 142 valence electrons. The van der Waals surface area contributed by atoms with Gasteiger partial charge in [-0.1, -0.05) is 24.3 Å². The summed E-state index contributed by atoms with van der Waals surface area (Å²) < 4.78 is 37.0. The van der Waals surface area contributed by atoms with Crippen LogP contribution in [0.4, 0.5) is 5.69 Å². The van der Waals surface area contributed by atoms with Gasteiger partial charge in [-0.05, 0) is 29.8 Å². The molecule has 0 bridgehead atoms. The van der Waals surface area contributed by atoms with E-state index in [1.165, 1.54) is 11.3 Å². The summed E-state index contributed by atoms with van der Waals surface area (Å²) >= 11 is 1.35. The molecule has 5 rings (SSSR count). The van der Waals surface area contributed by atoms with Crippen molar-refractivity contribution in [1.29, 1.82) is 0 Å². The SMILES string of the molecule is O=C1C[C@H](c2ccc3c(c2)OCO3)c2scc(S(=O)(=O)c3ccccc3)c2N1. The summed E-state index contributed by atoms with van der Waals surface area (Å²) in [6.45, 7) is 0.174. The van der Waals surface area contributed by atoms with Crippen LogP contribution >= 0.6 is 11.3 Å². The smallest absolute Gasteiger partial charge is 0.231 e. The molecule has 2 aliphatic rings. The third kappa shape index (κ3) is 2.68. The van der Waals surface area contributed by atoms with Gasteiger partial charge < -0.3 is 14.8 Å². The molecule has 0 saturated heterocycles. The second kappa shape index (κ2) is 6.35. The quantitative estimate of drug-likeness (QED) is 0.707. The van der Waals surface area contributed by atoms with E-state index < -0.39 is 9.84 Å². The molecular weight excluding hydrogens is 398 g/mol. The van der Waals surface area contributed by atoms with Crippen LogP contribution in [-0.4, -0.2) is 21.1 Å². The van der Waals surface area contributed by atoms with Crippen LogP contribution in [0.1, 0.15) is 22.8 Å². The monoisotopic (exact) mass is 413 g/mol. The normalized spacial score (nSPS) is 17.9. The highest BCUT2D eigenvalue weighted by Gasteiger charge is 2.34. The summed E-state index contributed by atoms with van der Waals surface area (Å²) in [4.78, 5) is 13.6. The topological polar surface area (TPSA) is 81.7 Å². The summed E-state index contributed by atoms with van der Waals surface area (Å²) in [6.07, 6.45) is 0.248. The van der Waals surface area contributed by atoms with Crippen LogP contribution in [-0.2, 0) is 14.6 Å². The average Bonchev–Trinajstić information content (AvgIpc) is 3.34. The number of hydrogen-bond donors (Lipinski definition) is 1. The highest BCUT2D eigenvalue weighted by molar-refractivity contribution is 7.91. The lowest BCUT2D eigenvalue weighted by Gasteiger charge is -2.24. The zero-order valence-electron chi connectivity index (χ0n) is 14.5. The highest BCUT2D eigenvalue weighted by Crippen LogP contribution is 2.47. The Morgan fingerprint density at radius 3 is 2.64 bits per heavy atom. The molecule has 1 N–H and O–H groups in total. The molecule has 3 heterocycles. The number of nitrogens with one attached hydrogen (secondary N) is 1. The Hall–Kier alpha value is -2.84. The highest BCUT2D eigenvalue weighted by atomic mass is 32.2. The van der Waals surface area contributed by atoms with E-state index in [-0.39, 0.29) is 34.8 Å². The van der Waals surface area contributed by atoms with Gasteiger partial charge in [0, 0.05) is 22.6 Å². The summed E-state index contributed by atoms with van der Waals surface area (Å²) in [5, 5.41) is 4.38. The molecular formula is C20H15NO5S2. The van der Waals surface area contributed by atoms with E-state index in [4.69, 9.17) is 9.47 Å². The van der Waals surface area contributed by atoms with Gasteiger partial charge in [-0.15, -0.1) is 11.3 Å². The van der Waals surface area contributed by atoms with Gasteiger partial charge in [-0.3, -0.25) is 4.79 Å². The molecule has 8 heteroatoms. The fourth-order valence-electron chi connectivity index (χ4n) is 3.53. The maximum absolute atomic E-state index is 13.1. The van der Waals surface area contributed by atoms with E-state index in [0.717, 1.165) is 10.4 Å². The predicted molar refractivity (Wildman–Crippen MR) is 104 cm³/mol. The van der Waals surface area contributed by atoms with Crippen molar-refractivity contribution < 1.29 is 22.7 Å². The third-order valence-corrected chi connectivity index (χ3v) is 7.94. The molecule has 0 aliphatic carbocycles. The minimum atomic E-state index is -3.72. The van der Waals surface area contributed by atoms with Crippen LogP contribution in [0.5, 0.6) is 11.5 Å². The molecule has 0 unspecified atom stereocenters. The maximum atomic E-state index is 13.1. The first-order chi connectivity index (χ1) is 13.5. The van der Waals surface area contributed by atoms with E-state index in [9.17, 15) is 13.2 Å². The summed E-state index contributed by atoms with van der Waals surface area (Å²) in [7, 11) is -3.72. The molecule has 0 saturated carbocycles. The number of sulfone groups is 1. The number of hydrogen-bond acceptors (Lipinski definition) is 6. The number of amides is 1. The van der Waals surface area contributed by atoms with E-state index in [1.54, 1.807) is 35.7 Å². The van der Waals surface area contributed by atoms with E-state index >= 15 is 0 Å². The Morgan fingerprint density at radius 1 is 1.04 bits per heavy atom. The molecule has 0 radical (unpaired) electrons. The number of benzene rings is 2. The van der Waals surface area contributed by atoms with Gasteiger partial charge in [0.25, 0.3) is 0 Å². The Bertz CT molecular complexity index is 1180. The van der Waals surface area contributed by atoms with Gasteiger partial charge in [-0.2, -0.15) is 0 Å². The van der Waals surface area contributed by atoms with Crippen LogP contribution in [0.15, 0.2) is 63.7 Å². The number of rotatable bonds is 3. The Morgan fingerprint density at radius 2 is 1.82 bits per heavy atom. The Labute approximate surface area is 165 Å². The lowest BCUT2D eigenvalue weighted by Crippen LogP contribution is -2.23. The lowest BCUT2D eigenvalue weighted by molar-refractivity contribution is -0.116. The van der Waals surface area contributed by atoms with E-state index in [0.29, 0.717) is 17.2 Å². The molecule has 28 heavy (non-hydrogen) atoms.